The van der Waals surface area contributed by atoms with Crippen LogP contribution in [-0.4, -0.2) is 55.0 Å². The molecule has 3 rings (SSSR count). The second kappa shape index (κ2) is 10.0. The maximum Gasteiger partial charge on any atom is 0.338 e. The van der Waals surface area contributed by atoms with E-state index in [9.17, 15) is 18.0 Å². The van der Waals surface area contributed by atoms with Crippen LogP contribution in [0, 0.1) is 0 Å². The molecule has 0 unspecified atom stereocenters. The molecule has 1 aromatic heterocycles. The van der Waals surface area contributed by atoms with Crippen molar-refractivity contribution >= 4 is 27.0 Å². The third-order valence-corrected chi connectivity index (χ3v) is 7.23. The maximum atomic E-state index is 12.9. The number of sulfonamides is 1. The van der Waals surface area contributed by atoms with E-state index >= 15 is 0 Å². The standard InChI is InChI=1S/C22H27N3O6S/c1-4-24(5-2)32(28,29)20-15-16(11-12-19(20)30-3)21(26)31-14-8-13-25-18-10-7-6-9-17(18)23-22(25)27/h6-7,9-12,15H,4-5,8,13-14H2,1-3H3,(H,23,27). The van der Waals surface area contributed by atoms with Gasteiger partial charge in [-0.3, -0.25) is 4.57 Å². The number of ether oxygens (including phenoxy) is 2. The van der Waals surface area contributed by atoms with Crippen LogP contribution in [0.4, 0.5) is 0 Å². The number of fused-ring (bicyclic) bond motifs is 1. The predicted molar refractivity (Wildman–Crippen MR) is 121 cm³/mol. The maximum absolute atomic E-state index is 12.9. The lowest BCUT2D eigenvalue weighted by Gasteiger charge is -2.20. The summed E-state index contributed by atoms with van der Waals surface area (Å²) in [5.74, 6) is -0.484. The van der Waals surface area contributed by atoms with E-state index in [1.807, 2.05) is 24.3 Å². The second-order valence-electron chi connectivity index (χ2n) is 7.04. The Kier molecular flexibility index (Phi) is 7.37. The molecule has 1 heterocycles. The van der Waals surface area contributed by atoms with Gasteiger partial charge in [-0.25, -0.2) is 18.0 Å². The van der Waals surface area contributed by atoms with Crippen molar-refractivity contribution in [3.05, 3.63) is 58.5 Å². The summed E-state index contributed by atoms with van der Waals surface area (Å²) in [5, 5.41) is 0. The molecule has 0 fully saturated rings. The molecule has 0 bridgehead atoms. The Morgan fingerprint density at radius 2 is 1.84 bits per heavy atom. The molecule has 32 heavy (non-hydrogen) atoms. The van der Waals surface area contributed by atoms with Crippen LogP contribution >= 0.6 is 0 Å². The number of carbonyl (C=O) groups excluding carboxylic acids is 1. The van der Waals surface area contributed by atoms with Crippen LogP contribution in [0.5, 0.6) is 5.75 Å². The number of esters is 1. The molecular weight excluding hydrogens is 434 g/mol. The Labute approximate surface area is 186 Å². The summed E-state index contributed by atoms with van der Waals surface area (Å²) in [7, 11) is -2.45. The van der Waals surface area contributed by atoms with Gasteiger partial charge in [-0.2, -0.15) is 4.31 Å². The fraction of sp³-hybridized carbons (Fsp3) is 0.364. The molecule has 0 aliphatic rings. The highest BCUT2D eigenvalue weighted by atomic mass is 32.2. The SMILES string of the molecule is CCN(CC)S(=O)(=O)c1cc(C(=O)OCCCn2c(=O)[nH]c3ccccc32)ccc1OC. The number of aryl methyl sites for hydroxylation is 1. The molecule has 0 aliphatic heterocycles. The number of H-pyrrole nitrogens is 1. The summed E-state index contributed by atoms with van der Waals surface area (Å²) in [6, 6.07) is 11.5. The van der Waals surface area contributed by atoms with Gasteiger partial charge in [0.2, 0.25) is 10.0 Å². The number of benzene rings is 2. The normalized spacial score (nSPS) is 11.8. The Morgan fingerprint density at radius 3 is 2.53 bits per heavy atom. The Morgan fingerprint density at radius 1 is 1.12 bits per heavy atom. The van der Waals surface area contributed by atoms with Gasteiger partial charge in [0.05, 0.1) is 30.3 Å². The van der Waals surface area contributed by atoms with Gasteiger partial charge < -0.3 is 14.5 Å². The predicted octanol–water partition coefficient (Wildman–Crippen LogP) is 2.62. The van der Waals surface area contributed by atoms with Gasteiger partial charge in [0, 0.05) is 19.6 Å². The minimum Gasteiger partial charge on any atom is -0.495 e. The molecule has 0 spiro atoms. The third kappa shape index (κ3) is 4.71. The Balaban J connectivity index is 1.70. The topological polar surface area (TPSA) is 111 Å². The van der Waals surface area contributed by atoms with Gasteiger partial charge in [-0.05, 0) is 36.8 Å². The first-order valence-corrected chi connectivity index (χ1v) is 11.8. The zero-order valence-electron chi connectivity index (χ0n) is 18.3. The number of methoxy groups -OCH3 is 1. The van der Waals surface area contributed by atoms with E-state index in [0.29, 0.717) is 26.1 Å². The average Bonchev–Trinajstić information content (AvgIpc) is 3.11. The molecule has 0 saturated carbocycles. The van der Waals surface area contributed by atoms with E-state index < -0.39 is 16.0 Å². The number of rotatable bonds is 10. The summed E-state index contributed by atoms with van der Waals surface area (Å²) in [4.78, 5) is 27.3. The monoisotopic (exact) mass is 461 g/mol. The van der Waals surface area contributed by atoms with Crippen molar-refractivity contribution in [1.82, 2.24) is 13.9 Å². The number of hydrogen-bond acceptors (Lipinski definition) is 6. The van der Waals surface area contributed by atoms with Crippen LogP contribution in [0.3, 0.4) is 0 Å². The Bertz CT molecular complexity index is 1260. The second-order valence-corrected chi connectivity index (χ2v) is 8.95. The molecule has 0 amide bonds. The lowest BCUT2D eigenvalue weighted by Crippen LogP contribution is -2.31. The van der Waals surface area contributed by atoms with Crippen LogP contribution in [0.2, 0.25) is 0 Å². The van der Waals surface area contributed by atoms with Gasteiger partial charge in [-0.15, -0.1) is 0 Å². The molecular formula is C22H27N3O6S. The van der Waals surface area contributed by atoms with E-state index in [-0.39, 0.29) is 28.5 Å². The molecule has 0 aliphatic carbocycles. The molecule has 10 heteroatoms. The van der Waals surface area contributed by atoms with E-state index in [2.05, 4.69) is 4.98 Å². The minimum atomic E-state index is -3.82. The molecule has 2 aromatic carbocycles. The molecule has 0 saturated heterocycles. The molecule has 3 aromatic rings. The average molecular weight is 462 g/mol. The van der Waals surface area contributed by atoms with Crippen molar-refractivity contribution in [3.8, 4) is 5.75 Å². The first kappa shape index (κ1) is 23.6. The summed E-state index contributed by atoms with van der Waals surface area (Å²) in [5.41, 5.74) is 1.42. The van der Waals surface area contributed by atoms with Gasteiger partial charge >= 0.3 is 11.7 Å². The number of carbonyl (C=O) groups is 1. The van der Waals surface area contributed by atoms with Crippen molar-refractivity contribution < 1.29 is 22.7 Å². The zero-order valence-corrected chi connectivity index (χ0v) is 19.1. The fourth-order valence-electron chi connectivity index (χ4n) is 3.51. The number of aromatic nitrogens is 2. The largest absolute Gasteiger partial charge is 0.495 e. The number of para-hydroxylation sites is 2. The smallest absolute Gasteiger partial charge is 0.338 e. The van der Waals surface area contributed by atoms with E-state index in [1.165, 1.54) is 29.6 Å². The van der Waals surface area contributed by atoms with Crippen molar-refractivity contribution in [2.45, 2.75) is 31.7 Å². The fourth-order valence-corrected chi connectivity index (χ4v) is 5.15. The Hall–Kier alpha value is -3.11. The summed E-state index contributed by atoms with van der Waals surface area (Å²) >= 11 is 0. The number of imidazole rings is 1. The van der Waals surface area contributed by atoms with E-state index in [1.54, 1.807) is 18.4 Å². The highest BCUT2D eigenvalue weighted by Crippen LogP contribution is 2.28. The summed E-state index contributed by atoms with van der Waals surface area (Å²) in [6.07, 6.45) is 0.425. The van der Waals surface area contributed by atoms with Crippen LogP contribution in [0.25, 0.3) is 11.0 Å². The molecule has 0 atom stereocenters. The molecule has 9 nitrogen and oxygen atoms in total. The minimum absolute atomic E-state index is 0.0783. The van der Waals surface area contributed by atoms with Gasteiger partial charge in [0.25, 0.3) is 0 Å². The lowest BCUT2D eigenvalue weighted by molar-refractivity contribution is 0.0495. The van der Waals surface area contributed by atoms with Crippen LogP contribution in [-0.2, 0) is 21.3 Å². The first-order chi connectivity index (χ1) is 15.3. The van der Waals surface area contributed by atoms with Crippen molar-refractivity contribution in [3.63, 3.8) is 0 Å². The van der Waals surface area contributed by atoms with Crippen LogP contribution in [0.15, 0.2) is 52.2 Å². The van der Waals surface area contributed by atoms with Crippen molar-refractivity contribution in [1.29, 1.82) is 0 Å². The quantitative estimate of drug-likeness (QED) is 0.367. The third-order valence-electron chi connectivity index (χ3n) is 5.16. The number of aromatic amines is 1. The van der Waals surface area contributed by atoms with Crippen molar-refractivity contribution in [2.24, 2.45) is 0 Å². The number of nitrogens with one attached hydrogen (secondary N) is 1. The van der Waals surface area contributed by atoms with Gasteiger partial charge in [-0.1, -0.05) is 26.0 Å². The zero-order chi connectivity index (χ0) is 23.3. The number of nitrogens with zero attached hydrogens (tertiary/aromatic N) is 2. The van der Waals surface area contributed by atoms with E-state index in [0.717, 1.165) is 11.0 Å². The van der Waals surface area contributed by atoms with Gasteiger partial charge in [0.15, 0.2) is 0 Å². The molecule has 0 radical (unpaired) electrons. The van der Waals surface area contributed by atoms with E-state index in [4.69, 9.17) is 9.47 Å². The summed E-state index contributed by atoms with van der Waals surface area (Å²) < 4.78 is 39.3. The van der Waals surface area contributed by atoms with Crippen LogP contribution in [0.1, 0.15) is 30.6 Å². The van der Waals surface area contributed by atoms with Gasteiger partial charge in [0.1, 0.15) is 10.6 Å². The summed E-state index contributed by atoms with van der Waals surface area (Å²) in [6.45, 7) is 4.53. The highest BCUT2D eigenvalue weighted by Gasteiger charge is 2.27. The number of hydrogen-bond donors (Lipinski definition) is 1. The first-order valence-electron chi connectivity index (χ1n) is 10.4. The lowest BCUT2D eigenvalue weighted by atomic mass is 10.2. The van der Waals surface area contributed by atoms with Crippen molar-refractivity contribution in [2.75, 3.05) is 26.8 Å². The van der Waals surface area contributed by atoms with Crippen LogP contribution < -0.4 is 10.4 Å². The molecule has 1 N–H and O–H groups in total. The molecule has 172 valence electrons. The highest BCUT2D eigenvalue weighted by molar-refractivity contribution is 7.89.